The molecule has 1 N–H and O–H groups in total. The van der Waals surface area contributed by atoms with Crippen molar-refractivity contribution >= 4 is 23.1 Å². The van der Waals surface area contributed by atoms with Crippen LogP contribution in [0.1, 0.15) is 42.4 Å². The number of hydrogen-bond donors (Lipinski definition) is 1. The first-order valence-corrected chi connectivity index (χ1v) is 8.29. The van der Waals surface area contributed by atoms with Gasteiger partial charge in [0.1, 0.15) is 5.82 Å². The van der Waals surface area contributed by atoms with E-state index in [1.165, 1.54) is 17.6 Å². The van der Waals surface area contributed by atoms with Crippen LogP contribution in [0.3, 0.4) is 0 Å². The Kier molecular flexibility index (Phi) is 6.08. The molecule has 2 rings (SSSR count). The van der Waals surface area contributed by atoms with Gasteiger partial charge in [0.05, 0.1) is 10.6 Å². The van der Waals surface area contributed by atoms with E-state index >= 15 is 0 Å². The molecule has 0 aliphatic carbocycles. The van der Waals surface area contributed by atoms with Crippen molar-refractivity contribution in [3.63, 3.8) is 0 Å². The van der Waals surface area contributed by atoms with Gasteiger partial charge in [-0.05, 0) is 49.5 Å². The molecule has 0 radical (unpaired) electrons. The van der Waals surface area contributed by atoms with E-state index in [9.17, 15) is 4.39 Å². The second-order valence-electron chi connectivity index (χ2n) is 4.85. The maximum Gasteiger partial charge on any atom is 0.127 e. The highest BCUT2D eigenvalue weighted by molar-refractivity contribution is 7.05. The molecule has 0 amide bonds. The normalized spacial score (nSPS) is 12.6. The van der Waals surface area contributed by atoms with Gasteiger partial charge >= 0.3 is 0 Å². The molecule has 1 atom stereocenters. The zero-order chi connectivity index (χ0) is 15.2. The van der Waals surface area contributed by atoms with E-state index in [2.05, 4.69) is 21.8 Å². The Bertz CT molecular complexity index is 568. The minimum Gasteiger partial charge on any atom is -0.309 e. The van der Waals surface area contributed by atoms with E-state index in [0.717, 1.165) is 30.0 Å². The van der Waals surface area contributed by atoms with Crippen molar-refractivity contribution in [1.29, 1.82) is 0 Å². The summed E-state index contributed by atoms with van der Waals surface area (Å²) >= 11 is 7.52. The van der Waals surface area contributed by atoms with E-state index < -0.39 is 0 Å². The molecule has 21 heavy (non-hydrogen) atoms. The molecular formula is C15H19ClFN3S. The zero-order valence-corrected chi connectivity index (χ0v) is 13.8. The lowest BCUT2D eigenvalue weighted by molar-refractivity contribution is 0.515. The van der Waals surface area contributed by atoms with Gasteiger partial charge in [0.25, 0.3) is 0 Å². The Morgan fingerprint density at radius 3 is 2.86 bits per heavy atom. The summed E-state index contributed by atoms with van der Waals surface area (Å²) in [6.07, 6.45) is 2.33. The van der Waals surface area contributed by atoms with Gasteiger partial charge < -0.3 is 5.32 Å². The van der Waals surface area contributed by atoms with Crippen molar-refractivity contribution in [3.8, 4) is 0 Å². The van der Waals surface area contributed by atoms with Crippen LogP contribution in [-0.2, 0) is 12.8 Å². The van der Waals surface area contributed by atoms with E-state index in [1.54, 1.807) is 12.1 Å². The Hall–Kier alpha value is -1.04. The van der Waals surface area contributed by atoms with Gasteiger partial charge in [-0.3, -0.25) is 0 Å². The molecule has 0 aliphatic rings. The van der Waals surface area contributed by atoms with Gasteiger partial charge in [0, 0.05) is 16.6 Å². The molecule has 114 valence electrons. The molecule has 0 spiro atoms. The van der Waals surface area contributed by atoms with Crippen LogP contribution < -0.4 is 5.32 Å². The van der Waals surface area contributed by atoms with Crippen LogP contribution in [0.4, 0.5) is 4.39 Å². The fourth-order valence-electron chi connectivity index (χ4n) is 2.23. The highest BCUT2D eigenvalue weighted by atomic mass is 35.5. The summed E-state index contributed by atoms with van der Waals surface area (Å²) in [5, 5.41) is 8.07. The fourth-order valence-corrected chi connectivity index (χ4v) is 3.28. The van der Waals surface area contributed by atoms with Crippen molar-refractivity contribution < 1.29 is 4.39 Å². The predicted molar refractivity (Wildman–Crippen MR) is 85.4 cm³/mol. The summed E-state index contributed by atoms with van der Waals surface area (Å²) < 4.78 is 18.1. The maximum atomic E-state index is 14.0. The Morgan fingerprint density at radius 1 is 1.38 bits per heavy atom. The SMILES string of the molecule is CCCNC(Cc1c(F)cccc1Cl)c1snnc1CC. The van der Waals surface area contributed by atoms with Crippen LogP contribution in [0, 0.1) is 5.82 Å². The van der Waals surface area contributed by atoms with Crippen LogP contribution >= 0.6 is 23.1 Å². The number of hydrogen-bond acceptors (Lipinski definition) is 4. The standard InChI is InChI=1S/C15H19ClFN3S/c1-3-8-18-14(15-13(4-2)19-20-21-15)9-10-11(16)6-5-7-12(10)17/h5-7,14,18H,3-4,8-9H2,1-2H3. The average Bonchev–Trinajstić information content (AvgIpc) is 2.94. The molecule has 0 saturated carbocycles. The summed E-state index contributed by atoms with van der Waals surface area (Å²) in [4.78, 5) is 1.07. The summed E-state index contributed by atoms with van der Waals surface area (Å²) in [6.45, 7) is 5.01. The molecule has 0 fully saturated rings. The maximum absolute atomic E-state index is 14.0. The Labute approximate surface area is 133 Å². The number of aromatic nitrogens is 2. The van der Waals surface area contributed by atoms with Crippen LogP contribution in [0.2, 0.25) is 5.02 Å². The lowest BCUT2D eigenvalue weighted by Gasteiger charge is -2.18. The minimum absolute atomic E-state index is 0.00528. The minimum atomic E-state index is -0.263. The van der Waals surface area contributed by atoms with Crippen LogP contribution in [0.5, 0.6) is 0 Å². The Balaban J connectivity index is 2.28. The van der Waals surface area contributed by atoms with Crippen LogP contribution in [0.15, 0.2) is 18.2 Å². The predicted octanol–water partition coefficient (Wildman–Crippen LogP) is 4.18. The second kappa shape index (κ2) is 7.82. The summed E-state index contributed by atoms with van der Waals surface area (Å²) in [5.41, 5.74) is 1.52. The number of halogens is 2. The van der Waals surface area contributed by atoms with Crippen molar-refractivity contribution in [2.75, 3.05) is 6.54 Å². The third-order valence-electron chi connectivity index (χ3n) is 3.35. The summed E-state index contributed by atoms with van der Waals surface area (Å²) in [6, 6.07) is 4.79. The van der Waals surface area contributed by atoms with Crippen LogP contribution in [0.25, 0.3) is 0 Å². The molecule has 0 aliphatic heterocycles. The number of benzene rings is 1. The first kappa shape index (κ1) is 16.3. The van der Waals surface area contributed by atoms with E-state index in [-0.39, 0.29) is 11.9 Å². The molecule has 1 heterocycles. The number of rotatable bonds is 7. The monoisotopic (exact) mass is 327 g/mol. The fraction of sp³-hybridized carbons (Fsp3) is 0.467. The highest BCUT2D eigenvalue weighted by Crippen LogP contribution is 2.29. The van der Waals surface area contributed by atoms with Gasteiger partial charge in [0.15, 0.2) is 0 Å². The molecule has 0 saturated heterocycles. The van der Waals surface area contributed by atoms with Gasteiger partial charge in [0.2, 0.25) is 0 Å². The van der Waals surface area contributed by atoms with Gasteiger partial charge in [-0.25, -0.2) is 4.39 Å². The largest absolute Gasteiger partial charge is 0.309 e. The summed E-state index contributed by atoms with van der Waals surface area (Å²) in [7, 11) is 0. The number of nitrogens with zero attached hydrogens (tertiary/aromatic N) is 2. The van der Waals surface area contributed by atoms with Crippen molar-refractivity contribution in [3.05, 3.63) is 45.2 Å². The van der Waals surface area contributed by atoms with E-state index in [1.807, 2.05) is 6.92 Å². The highest BCUT2D eigenvalue weighted by Gasteiger charge is 2.21. The number of nitrogens with one attached hydrogen (secondary N) is 1. The third kappa shape index (κ3) is 3.99. The van der Waals surface area contributed by atoms with Gasteiger partial charge in [-0.2, -0.15) is 0 Å². The molecule has 2 aromatic rings. The smallest absolute Gasteiger partial charge is 0.127 e. The molecule has 3 nitrogen and oxygen atoms in total. The lowest BCUT2D eigenvalue weighted by atomic mass is 10.0. The van der Waals surface area contributed by atoms with Crippen molar-refractivity contribution in [1.82, 2.24) is 14.9 Å². The molecule has 0 bridgehead atoms. The number of aryl methyl sites for hydroxylation is 1. The molecule has 1 unspecified atom stereocenters. The van der Waals surface area contributed by atoms with Gasteiger partial charge in [-0.1, -0.05) is 36.0 Å². The van der Waals surface area contributed by atoms with Crippen LogP contribution in [-0.4, -0.2) is 16.1 Å². The second-order valence-corrected chi connectivity index (χ2v) is 6.04. The quantitative estimate of drug-likeness (QED) is 0.829. The first-order chi connectivity index (χ1) is 10.2. The molecular weight excluding hydrogens is 309 g/mol. The molecule has 1 aromatic carbocycles. The van der Waals surface area contributed by atoms with Crippen molar-refractivity contribution in [2.24, 2.45) is 0 Å². The van der Waals surface area contributed by atoms with Gasteiger partial charge in [-0.15, -0.1) is 5.10 Å². The third-order valence-corrected chi connectivity index (χ3v) is 4.58. The van der Waals surface area contributed by atoms with Crippen molar-refractivity contribution in [2.45, 2.75) is 39.2 Å². The zero-order valence-electron chi connectivity index (χ0n) is 12.2. The Morgan fingerprint density at radius 2 is 2.19 bits per heavy atom. The van der Waals surface area contributed by atoms with E-state index in [4.69, 9.17) is 11.6 Å². The summed E-state index contributed by atoms with van der Waals surface area (Å²) in [5.74, 6) is -0.263. The lowest BCUT2D eigenvalue weighted by Crippen LogP contribution is -2.24. The molecule has 6 heteroatoms. The average molecular weight is 328 g/mol. The first-order valence-electron chi connectivity index (χ1n) is 7.14. The van der Waals surface area contributed by atoms with E-state index in [0.29, 0.717) is 17.0 Å². The molecule has 1 aromatic heterocycles. The topological polar surface area (TPSA) is 37.8 Å².